The molecule has 3 rings (SSSR count). The summed E-state index contributed by atoms with van der Waals surface area (Å²) in [5, 5.41) is 8.86. The van der Waals surface area contributed by atoms with E-state index in [1.165, 1.54) is 0 Å². The first kappa shape index (κ1) is 23.3. The number of ketones is 1. The molecule has 2 heterocycles. The van der Waals surface area contributed by atoms with E-state index in [0.29, 0.717) is 43.5 Å². The lowest BCUT2D eigenvalue weighted by Crippen LogP contribution is -2.44. The average molecular weight is 434 g/mol. The van der Waals surface area contributed by atoms with E-state index >= 15 is 0 Å². The Morgan fingerprint density at radius 1 is 1.19 bits per heavy atom. The zero-order chi connectivity index (χ0) is 22.9. The van der Waals surface area contributed by atoms with Crippen LogP contribution in [0.4, 0.5) is 0 Å². The Morgan fingerprint density at radius 2 is 1.84 bits per heavy atom. The lowest BCUT2D eigenvalue weighted by atomic mass is 9.96. The lowest BCUT2D eigenvalue weighted by molar-refractivity contribution is -0.139. The Bertz CT molecular complexity index is 961. The summed E-state index contributed by atoms with van der Waals surface area (Å²) in [5.74, 6) is -0.585. The van der Waals surface area contributed by atoms with E-state index < -0.39 is 12.0 Å². The van der Waals surface area contributed by atoms with Gasteiger partial charge in [-0.2, -0.15) is 5.26 Å². The van der Waals surface area contributed by atoms with Crippen LogP contribution < -0.4 is 0 Å². The second-order valence-corrected chi connectivity index (χ2v) is 8.11. The predicted molar refractivity (Wildman–Crippen MR) is 118 cm³/mol. The minimum atomic E-state index is -0.520. The molecule has 0 bridgehead atoms. The number of hydrogen-bond acceptors (Lipinski definition) is 6. The summed E-state index contributed by atoms with van der Waals surface area (Å²) < 4.78 is 5.97. The maximum atomic E-state index is 12.8. The minimum Gasteiger partial charge on any atom is -0.367 e. The van der Waals surface area contributed by atoms with Crippen molar-refractivity contribution in [3.63, 3.8) is 0 Å². The van der Waals surface area contributed by atoms with Crippen LogP contribution in [0.3, 0.4) is 0 Å². The summed E-state index contributed by atoms with van der Waals surface area (Å²) in [6.07, 6.45) is 5.55. The van der Waals surface area contributed by atoms with Gasteiger partial charge >= 0.3 is 0 Å². The van der Waals surface area contributed by atoms with Crippen molar-refractivity contribution in [3.05, 3.63) is 65.5 Å². The molecule has 1 aliphatic heterocycles. The van der Waals surface area contributed by atoms with Gasteiger partial charge < -0.3 is 14.4 Å². The SMILES string of the molecule is CC(CC(=O)c1ccc(C#N)cc1)C(=O)N1CCC(OC(C=O)Cc2ccncc2)CC1. The van der Waals surface area contributed by atoms with Crippen molar-refractivity contribution in [1.82, 2.24) is 9.88 Å². The number of nitriles is 1. The number of nitrogens with zero attached hydrogens (tertiary/aromatic N) is 3. The van der Waals surface area contributed by atoms with Gasteiger partial charge in [-0.25, -0.2) is 0 Å². The van der Waals surface area contributed by atoms with Crippen LogP contribution in [0.15, 0.2) is 48.8 Å². The summed E-state index contributed by atoms with van der Waals surface area (Å²) in [4.78, 5) is 42.5. The fourth-order valence-electron chi connectivity index (χ4n) is 3.86. The van der Waals surface area contributed by atoms with Crippen LogP contribution in [-0.2, 0) is 20.7 Å². The molecule has 1 amide bonds. The Morgan fingerprint density at radius 3 is 2.44 bits per heavy atom. The van der Waals surface area contributed by atoms with Gasteiger partial charge in [0.25, 0.3) is 0 Å². The topological polar surface area (TPSA) is 100 Å². The number of piperidine rings is 1. The third-order valence-corrected chi connectivity index (χ3v) is 5.71. The fourth-order valence-corrected chi connectivity index (χ4v) is 3.86. The molecule has 1 fully saturated rings. The van der Waals surface area contributed by atoms with Crippen molar-refractivity contribution in [2.45, 2.75) is 44.8 Å². The van der Waals surface area contributed by atoms with E-state index in [-0.39, 0.29) is 24.2 Å². The van der Waals surface area contributed by atoms with E-state index in [1.807, 2.05) is 18.2 Å². The number of aldehydes is 1. The summed E-state index contributed by atoms with van der Waals surface area (Å²) in [6.45, 7) is 2.85. The van der Waals surface area contributed by atoms with E-state index in [9.17, 15) is 14.4 Å². The smallest absolute Gasteiger partial charge is 0.225 e. The molecule has 0 saturated carbocycles. The van der Waals surface area contributed by atoms with Crippen LogP contribution in [0.2, 0.25) is 0 Å². The number of ether oxygens (including phenoxy) is 1. The molecule has 1 aliphatic rings. The highest BCUT2D eigenvalue weighted by atomic mass is 16.5. The summed E-state index contributed by atoms with van der Waals surface area (Å²) in [7, 11) is 0. The highest BCUT2D eigenvalue weighted by Crippen LogP contribution is 2.20. The highest BCUT2D eigenvalue weighted by Gasteiger charge is 2.29. The van der Waals surface area contributed by atoms with Crippen LogP contribution in [0, 0.1) is 17.2 Å². The second kappa shape index (κ2) is 11.3. The van der Waals surface area contributed by atoms with Gasteiger partial charge in [-0.15, -0.1) is 0 Å². The molecule has 2 unspecified atom stereocenters. The molecule has 166 valence electrons. The zero-order valence-electron chi connectivity index (χ0n) is 18.1. The number of rotatable bonds is 9. The average Bonchev–Trinajstić information content (AvgIpc) is 2.84. The maximum Gasteiger partial charge on any atom is 0.225 e. The van der Waals surface area contributed by atoms with Crippen LogP contribution in [0.25, 0.3) is 0 Å². The number of Topliss-reactive ketones (excluding diaryl/α,β-unsaturated/α-hetero) is 1. The molecular formula is C25H27N3O4. The van der Waals surface area contributed by atoms with Crippen LogP contribution in [0.1, 0.15) is 47.7 Å². The molecule has 7 nitrogen and oxygen atoms in total. The molecule has 0 radical (unpaired) electrons. The quantitative estimate of drug-likeness (QED) is 0.445. The number of hydrogen-bond donors (Lipinski definition) is 0. The molecule has 1 aromatic carbocycles. The summed E-state index contributed by atoms with van der Waals surface area (Å²) >= 11 is 0. The van der Waals surface area contributed by atoms with E-state index in [0.717, 1.165) is 11.8 Å². The molecule has 1 aromatic heterocycles. The fraction of sp³-hybridized carbons (Fsp3) is 0.400. The van der Waals surface area contributed by atoms with Gasteiger partial charge in [0.2, 0.25) is 5.91 Å². The predicted octanol–water partition coefficient (Wildman–Crippen LogP) is 2.98. The number of amides is 1. The van der Waals surface area contributed by atoms with E-state index in [1.54, 1.807) is 48.5 Å². The van der Waals surface area contributed by atoms with Gasteiger partial charge in [0, 0.05) is 49.8 Å². The first-order valence-corrected chi connectivity index (χ1v) is 10.8. The number of benzene rings is 1. The first-order chi connectivity index (χ1) is 15.5. The van der Waals surface area contributed by atoms with E-state index in [2.05, 4.69) is 4.98 Å². The Hall–Kier alpha value is -3.37. The van der Waals surface area contributed by atoms with Crippen molar-refractivity contribution in [2.24, 2.45) is 5.92 Å². The zero-order valence-corrected chi connectivity index (χ0v) is 18.1. The number of carbonyl (C=O) groups is 3. The second-order valence-electron chi connectivity index (χ2n) is 8.11. The van der Waals surface area contributed by atoms with Gasteiger partial charge in [-0.05, 0) is 42.7 Å². The van der Waals surface area contributed by atoms with Gasteiger partial charge in [0.1, 0.15) is 12.4 Å². The number of carbonyl (C=O) groups excluding carboxylic acids is 3. The Balaban J connectivity index is 1.46. The molecule has 0 N–H and O–H groups in total. The van der Waals surface area contributed by atoms with Gasteiger partial charge in [-0.3, -0.25) is 14.6 Å². The van der Waals surface area contributed by atoms with Crippen LogP contribution >= 0.6 is 0 Å². The van der Waals surface area contributed by atoms with Crippen molar-refractivity contribution < 1.29 is 19.1 Å². The first-order valence-electron chi connectivity index (χ1n) is 10.8. The van der Waals surface area contributed by atoms with Crippen molar-refractivity contribution in [2.75, 3.05) is 13.1 Å². The summed E-state index contributed by atoms with van der Waals surface area (Å²) in [6, 6.07) is 12.2. The molecule has 7 heteroatoms. The highest BCUT2D eigenvalue weighted by molar-refractivity contribution is 5.98. The molecule has 0 spiro atoms. The van der Waals surface area contributed by atoms with Crippen LogP contribution in [-0.4, -0.2) is 53.2 Å². The number of pyridine rings is 1. The van der Waals surface area contributed by atoms with Gasteiger partial charge in [-0.1, -0.05) is 19.1 Å². The van der Waals surface area contributed by atoms with Crippen molar-refractivity contribution in [1.29, 1.82) is 5.26 Å². The van der Waals surface area contributed by atoms with E-state index in [4.69, 9.17) is 10.00 Å². The third-order valence-electron chi connectivity index (χ3n) is 5.71. The molecule has 2 atom stereocenters. The van der Waals surface area contributed by atoms with Gasteiger partial charge in [0.15, 0.2) is 5.78 Å². The molecular weight excluding hydrogens is 406 g/mol. The largest absolute Gasteiger partial charge is 0.367 e. The van der Waals surface area contributed by atoms with Crippen LogP contribution in [0.5, 0.6) is 0 Å². The molecule has 1 saturated heterocycles. The lowest BCUT2D eigenvalue weighted by Gasteiger charge is -2.34. The molecule has 32 heavy (non-hydrogen) atoms. The standard InChI is InChI=1S/C25H27N3O4/c1-18(14-24(30)21-4-2-20(16-26)3-5-21)25(31)28-12-8-22(9-13-28)32-23(17-29)15-19-6-10-27-11-7-19/h2-7,10-11,17-18,22-23H,8-9,12-15H2,1H3. The van der Waals surface area contributed by atoms with Crippen molar-refractivity contribution >= 4 is 18.0 Å². The molecule has 0 aliphatic carbocycles. The van der Waals surface area contributed by atoms with Gasteiger partial charge in [0.05, 0.1) is 17.7 Å². The normalized spacial score (nSPS) is 16.1. The minimum absolute atomic E-state index is 0.0471. The Labute approximate surface area is 188 Å². The van der Waals surface area contributed by atoms with Crippen molar-refractivity contribution in [3.8, 4) is 6.07 Å². The summed E-state index contributed by atoms with van der Waals surface area (Å²) in [5.41, 5.74) is 1.99. The third kappa shape index (κ3) is 6.32. The monoisotopic (exact) mass is 433 g/mol. The number of aromatic nitrogens is 1. The maximum absolute atomic E-state index is 12.8. The molecule has 2 aromatic rings. The number of likely N-dealkylation sites (tertiary alicyclic amines) is 1. The Kier molecular flexibility index (Phi) is 8.23.